The largest absolute Gasteiger partial charge is 0.266 e. The molecule has 13 heavy (non-hydrogen) atoms. The Labute approximate surface area is 87.8 Å². The molecule has 1 heterocycles. The van der Waals surface area contributed by atoms with Crippen LogP contribution in [0.2, 0.25) is 0 Å². The topological polar surface area (TPSA) is 17.8 Å². The van der Waals surface area contributed by atoms with Crippen molar-refractivity contribution >= 4 is 22.0 Å². The van der Waals surface area contributed by atoms with E-state index in [0.717, 1.165) is 18.3 Å². The van der Waals surface area contributed by atoms with Gasteiger partial charge in [0.25, 0.3) is 0 Å². The van der Waals surface area contributed by atoms with Crippen LogP contribution in [0.5, 0.6) is 0 Å². The van der Waals surface area contributed by atoms with Gasteiger partial charge in [0.2, 0.25) is 0 Å². The lowest BCUT2D eigenvalue weighted by atomic mass is 10.2. The van der Waals surface area contributed by atoms with E-state index >= 15 is 0 Å². The Bertz CT molecular complexity index is 283. The number of alkyl halides is 1. The average molecular weight is 243 g/mol. The first kappa shape index (κ1) is 10.5. The molecule has 0 unspecified atom stereocenters. The van der Waals surface area contributed by atoms with E-state index in [1.54, 1.807) is 0 Å². The summed E-state index contributed by atoms with van der Waals surface area (Å²) in [4.78, 5) is 0. The molecule has 0 aromatic carbocycles. The molecule has 0 fully saturated rings. The van der Waals surface area contributed by atoms with Crippen LogP contribution in [0.4, 0.5) is 0 Å². The fourth-order valence-corrected chi connectivity index (χ4v) is 1.73. The molecule has 0 aliphatic rings. The van der Waals surface area contributed by atoms with E-state index in [1.807, 2.05) is 16.9 Å². The van der Waals surface area contributed by atoms with E-state index in [0.29, 0.717) is 0 Å². The Hall–Kier alpha value is -0.570. The SMILES string of the molecule is CCC(=Cc1ccnn1CC)CBr. The van der Waals surface area contributed by atoms with Crippen molar-refractivity contribution in [1.29, 1.82) is 0 Å². The average Bonchev–Trinajstić information content (AvgIpc) is 2.61. The summed E-state index contributed by atoms with van der Waals surface area (Å²) >= 11 is 3.47. The summed E-state index contributed by atoms with van der Waals surface area (Å²) < 4.78 is 2.00. The van der Waals surface area contributed by atoms with Crippen molar-refractivity contribution in [3.05, 3.63) is 23.5 Å². The molecule has 0 N–H and O–H groups in total. The van der Waals surface area contributed by atoms with Crippen LogP contribution in [-0.4, -0.2) is 15.1 Å². The summed E-state index contributed by atoms with van der Waals surface area (Å²) in [5.41, 5.74) is 2.59. The highest BCUT2D eigenvalue weighted by Gasteiger charge is 1.98. The molecule has 0 spiro atoms. The van der Waals surface area contributed by atoms with Crippen molar-refractivity contribution in [3.8, 4) is 0 Å². The zero-order valence-corrected chi connectivity index (χ0v) is 9.71. The van der Waals surface area contributed by atoms with Gasteiger partial charge in [0, 0.05) is 18.1 Å². The van der Waals surface area contributed by atoms with Gasteiger partial charge in [0.1, 0.15) is 0 Å². The molecule has 0 saturated carbocycles. The highest BCUT2D eigenvalue weighted by atomic mass is 79.9. The van der Waals surface area contributed by atoms with Crippen LogP contribution in [0.25, 0.3) is 6.08 Å². The minimum atomic E-state index is 0.929. The van der Waals surface area contributed by atoms with E-state index in [2.05, 4.69) is 41.0 Å². The second-order valence-electron chi connectivity index (χ2n) is 2.86. The van der Waals surface area contributed by atoms with Gasteiger partial charge in [-0.25, -0.2) is 0 Å². The van der Waals surface area contributed by atoms with E-state index in [4.69, 9.17) is 0 Å². The molecule has 0 bridgehead atoms. The van der Waals surface area contributed by atoms with Crippen LogP contribution in [0, 0.1) is 0 Å². The first-order valence-corrected chi connectivity index (χ1v) is 5.71. The monoisotopic (exact) mass is 242 g/mol. The normalized spacial score (nSPS) is 12.1. The van der Waals surface area contributed by atoms with Gasteiger partial charge in [-0.15, -0.1) is 0 Å². The van der Waals surface area contributed by atoms with Crippen molar-refractivity contribution in [2.24, 2.45) is 0 Å². The van der Waals surface area contributed by atoms with E-state index in [9.17, 15) is 0 Å². The standard InChI is InChI=1S/C10H15BrN2/c1-3-9(8-11)7-10-5-6-12-13(10)4-2/h5-7H,3-4,8H2,1-2H3. The Morgan fingerprint density at radius 2 is 2.38 bits per heavy atom. The molecule has 0 radical (unpaired) electrons. The van der Waals surface area contributed by atoms with Crippen molar-refractivity contribution in [3.63, 3.8) is 0 Å². The molecule has 1 aromatic heterocycles. The Morgan fingerprint density at radius 1 is 1.62 bits per heavy atom. The van der Waals surface area contributed by atoms with Crippen LogP contribution in [0.1, 0.15) is 26.0 Å². The van der Waals surface area contributed by atoms with Crippen LogP contribution < -0.4 is 0 Å². The van der Waals surface area contributed by atoms with Gasteiger partial charge < -0.3 is 0 Å². The minimum absolute atomic E-state index is 0.929. The highest BCUT2D eigenvalue weighted by Crippen LogP contribution is 2.11. The summed E-state index contributed by atoms with van der Waals surface area (Å²) in [5, 5.41) is 5.16. The first-order valence-electron chi connectivity index (χ1n) is 4.59. The van der Waals surface area contributed by atoms with Gasteiger partial charge in [-0.1, -0.05) is 28.4 Å². The first-order chi connectivity index (χ1) is 6.31. The van der Waals surface area contributed by atoms with E-state index in [1.165, 1.54) is 11.3 Å². The molecular formula is C10H15BrN2. The molecule has 2 nitrogen and oxygen atoms in total. The molecule has 0 aliphatic heterocycles. The predicted molar refractivity (Wildman–Crippen MR) is 60.0 cm³/mol. The number of nitrogens with zero attached hydrogens (tertiary/aromatic N) is 2. The number of hydrogen-bond donors (Lipinski definition) is 0. The molecule has 0 amide bonds. The second kappa shape index (κ2) is 5.22. The number of rotatable bonds is 4. The number of aromatic nitrogens is 2. The molecule has 1 aromatic rings. The lowest BCUT2D eigenvalue weighted by Crippen LogP contribution is -1.99. The van der Waals surface area contributed by atoms with Gasteiger partial charge in [-0.05, 0) is 25.5 Å². The Morgan fingerprint density at radius 3 is 2.92 bits per heavy atom. The molecule has 72 valence electrons. The molecule has 1 rings (SSSR count). The van der Waals surface area contributed by atoms with Gasteiger partial charge in [0.15, 0.2) is 0 Å². The van der Waals surface area contributed by atoms with Crippen LogP contribution in [0.3, 0.4) is 0 Å². The fraction of sp³-hybridized carbons (Fsp3) is 0.500. The van der Waals surface area contributed by atoms with Crippen LogP contribution in [0.15, 0.2) is 17.8 Å². The van der Waals surface area contributed by atoms with Crippen LogP contribution in [-0.2, 0) is 6.54 Å². The van der Waals surface area contributed by atoms with Gasteiger partial charge >= 0.3 is 0 Å². The third kappa shape index (κ3) is 2.69. The van der Waals surface area contributed by atoms with Crippen molar-refractivity contribution in [2.75, 3.05) is 5.33 Å². The molecule has 3 heteroatoms. The summed E-state index contributed by atoms with van der Waals surface area (Å²) in [6.07, 6.45) is 5.13. The fourth-order valence-electron chi connectivity index (χ4n) is 1.17. The summed E-state index contributed by atoms with van der Waals surface area (Å²) in [7, 11) is 0. The lowest BCUT2D eigenvalue weighted by Gasteiger charge is -2.02. The number of halogens is 1. The molecule has 0 aliphatic carbocycles. The van der Waals surface area contributed by atoms with Gasteiger partial charge in [-0.2, -0.15) is 5.10 Å². The van der Waals surface area contributed by atoms with Gasteiger partial charge in [-0.3, -0.25) is 4.68 Å². The maximum absolute atomic E-state index is 4.21. The third-order valence-electron chi connectivity index (χ3n) is 2.03. The lowest BCUT2D eigenvalue weighted by molar-refractivity contribution is 0.653. The smallest absolute Gasteiger partial charge is 0.0609 e. The minimum Gasteiger partial charge on any atom is -0.266 e. The van der Waals surface area contributed by atoms with Gasteiger partial charge in [0.05, 0.1) is 5.69 Å². The Balaban J connectivity index is 2.88. The van der Waals surface area contributed by atoms with Crippen molar-refractivity contribution in [1.82, 2.24) is 9.78 Å². The third-order valence-corrected chi connectivity index (χ3v) is 2.75. The summed E-state index contributed by atoms with van der Waals surface area (Å²) in [6, 6.07) is 2.04. The molecule has 0 atom stereocenters. The number of hydrogen-bond acceptors (Lipinski definition) is 1. The molecule has 0 saturated heterocycles. The Kier molecular flexibility index (Phi) is 4.22. The summed E-state index contributed by atoms with van der Waals surface area (Å²) in [6.45, 7) is 5.20. The number of aryl methyl sites for hydroxylation is 1. The van der Waals surface area contributed by atoms with E-state index < -0.39 is 0 Å². The maximum atomic E-state index is 4.21. The number of allylic oxidation sites excluding steroid dienone is 1. The zero-order chi connectivity index (χ0) is 9.68. The quantitative estimate of drug-likeness (QED) is 0.743. The van der Waals surface area contributed by atoms with Crippen molar-refractivity contribution in [2.45, 2.75) is 26.8 Å². The maximum Gasteiger partial charge on any atom is 0.0609 e. The second-order valence-corrected chi connectivity index (χ2v) is 3.42. The molecular weight excluding hydrogens is 228 g/mol. The summed E-state index contributed by atoms with van der Waals surface area (Å²) in [5.74, 6) is 0. The predicted octanol–water partition coefficient (Wildman–Crippen LogP) is 3.09. The van der Waals surface area contributed by atoms with Crippen molar-refractivity contribution < 1.29 is 0 Å². The van der Waals surface area contributed by atoms with E-state index in [-0.39, 0.29) is 0 Å². The van der Waals surface area contributed by atoms with Crippen LogP contribution >= 0.6 is 15.9 Å². The highest BCUT2D eigenvalue weighted by molar-refractivity contribution is 9.09. The zero-order valence-electron chi connectivity index (χ0n) is 8.13.